The van der Waals surface area contributed by atoms with Gasteiger partial charge in [0.1, 0.15) is 48.8 Å². The van der Waals surface area contributed by atoms with Gasteiger partial charge in [-0.3, -0.25) is 0 Å². The van der Waals surface area contributed by atoms with E-state index in [4.69, 9.17) is 19.7 Å². The molecular formula is C12H24FeO11+3. The Labute approximate surface area is 148 Å². The number of rotatable bonds is 8. The summed E-state index contributed by atoms with van der Waals surface area (Å²) in [5.74, 6) is 0. The van der Waals surface area contributed by atoms with E-state index in [0.29, 0.717) is 0 Å². The maximum atomic E-state index is 9.70. The number of hydrogen-bond donors (Lipinski definition) is 9. The summed E-state index contributed by atoms with van der Waals surface area (Å²) in [5, 5.41) is 84.4. The van der Waals surface area contributed by atoms with Crippen molar-refractivity contribution in [2.45, 2.75) is 55.1 Å². The van der Waals surface area contributed by atoms with E-state index >= 15 is 0 Å². The molecule has 1 saturated heterocycles. The zero-order valence-electron chi connectivity index (χ0n) is 12.5. The molecule has 9 N–H and O–H groups in total. The van der Waals surface area contributed by atoms with Crippen molar-refractivity contribution in [2.75, 3.05) is 19.8 Å². The van der Waals surface area contributed by atoms with Crippen LogP contribution < -0.4 is 0 Å². The summed E-state index contributed by atoms with van der Waals surface area (Å²) < 4.78 is 9.99. The number of aliphatic hydroxyl groups excluding tert-OH is 9. The molecule has 11 nitrogen and oxygen atoms in total. The summed E-state index contributed by atoms with van der Waals surface area (Å²) in [5.41, 5.74) is 0. The second kappa shape index (κ2) is 10.9. The van der Waals surface area contributed by atoms with E-state index in [1.54, 1.807) is 0 Å². The van der Waals surface area contributed by atoms with Crippen LogP contribution >= 0.6 is 0 Å². The molecule has 24 heavy (non-hydrogen) atoms. The Kier molecular flexibility index (Phi) is 11.0. The largest absolute Gasteiger partial charge is 3.00 e. The van der Waals surface area contributed by atoms with Crippen molar-refractivity contribution in [3.8, 4) is 0 Å². The fourth-order valence-electron chi connectivity index (χ4n) is 2.06. The monoisotopic (exact) mass is 400 g/mol. The molecule has 1 heterocycles. The second-order valence-corrected chi connectivity index (χ2v) is 5.33. The Morgan fingerprint density at radius 3 is 1.88 bits per heavy atom. The number of ether oxygens (including phenoxy) is 2. The molecule has 9 atom stereocenters. The van der Waals surface area contributed by atoms with Crippen LogP contribution in [0, 0.1) is 0 Å². The molecule has 1 fully saturated rings. The van der Waals surface area contributed by atoms with Crippen LogP contribution in [0.3, 0.4) is 0 Å². The van der Waals surface area contributed by atoms with Gasteiger partial charge in [0.15, 0.2) is 6.29 Å². The number of hydrogen-bond acceptors (Lipinski definition) is 11. The first-order valence-corrected chi connectivity index (χ1v) is 6.99. The summed E-state index contributed by atoms with van der Waals surface area (Å²) in [6, 6.07) is 0. The molecule has 1 aliphatic rings. The van der Waals surface area contributed by atoms with E-state index in [1.165, 1.54) is 0 Å². The molecule has 1 aliphatic heterocycles. The van der Waals surface area contributed by atoms with Crippen molar-refractivity contribution in [1.29, 1.82) is 0 Å². The van der Waals surface area contributed by atoms with Crippen LogP contribution in [-0.4, -0.2) is 121 Å². The fraction of sp³-hybridized carbons (Fsp3) is 1.00. The quantitative estimate of drug-likeness (QED) is 0.176. The summed E-state index contributed by atoms with van der Waals surface area (Å²) in [4.78, 5) is 0. The first-order valence-electron chi connectivity index (χ1n) is 6.99. The van der Waals surface area contributed by atoms with Crippen molar-refractivity contribution in [3.63, 3.8) is 0 Å². The summed E-state index contributed by atoms with van der Waals surface area (Å²) in [6.45, 7) is -2.16. The van der Waals surface area contributed by atoms with E-state index in [-0.39, 0.29) is 17.1 Å². The smallest absolute Gasteiger partial charge is 0.394 e. The molecule has 1 radical (unpaired) electrons. The van der Waals surface area contributed by atoms with Gasteiger partial charge in [0, 0.05) is 0 Å². The van der Waals surface area contributed by atoms with Crippen molar-refractivity contribution >= 4 is 0 Å². The predicted octanol–water partition coefficient (Wildman–Crippen LogP) is -5.76. The van der Waals surface area contributed by atoms with E-state index in [0.717, 1.165) is 0 Å². The van der Waals surface area contributed by atoms with E-state index in [1.807, 2.05) is 0 Å². The Morgan fingerprint density at radius 2 is 1.38 bits per heavy atom. The molecule has 143 valence electrons. The van der Waals surface area contributed by atoms with Gasteiger partial charge in [0.25, 0.3) is 0 Å². The maximum absolute atomic E-state index is 9.70. The average molecular weight is 400 g/mol. The molecule has 1 rings (SSSR count). The third kappa shape index (κ3) is 5.81. The van der Waals surface area contributed by atoms with Crippen LogP contribution in [0.5, 0.6) is 0 Å². The fourth-order valence-corrected chi connectivity index (χ4v) is 2.06. The van der Waals surface area contributed by atoms with Gasteiger partial charge in [-0.05, 0) is 0 Å². The standard InChI is InChI=1S/C12H24O11.Fe/c13-1-4(15)7(17)8(18)5(16)3-22-12-11(21)10(20)9(19)6(2-14)23-12;/h4-21H,1-3H2;/q;+3/t4-,5+,6+,7+,8+,9+,10-,11+,12-;/m0./s1. The van der Waals surface area contributed by atoms with Gasteiger partial charge in [0.05, 0.1) is 19.8 Å². The van der Waals surface area contributed by atoms with Crippen molar-refractivity contribution in [3.05, 3.63) is 0 Å². The van der Waals surface area contributed by atoms with Crippen LogP contribution in [-0.2, 0) is 26.5 Å². The van der Waals surface area contributed by atoms with Gasteiger partial charge < -0.3 is 55.4 Å². The molecule has 0 aromatic carbocycles. The van der Waals surface area contributed by atoms with E-state index < -0.39 is 74.9 Å². The number of aliphatic hydroxyl groups is 9. The normalized spacial score (nSPS) is 35.6. The van der Waals surface area contributed by atoms with Gasteiger partial charge in [-0.15, -0.1) is 0 Å². The Bertz CT molecular complexity index is 347. The molecule has 0 aliphatic carbocycles. The van der Waals surface area contributed by atoms with Gasteiger partial charge >= 0.3 is 17.1 Å². The van der Waals surface area contributed by atoms with Crippen LogP contribution in [0.2, 0.25) is 0 Å². The van der Waals surface area contributed by atoms with Crippen LogP contribution in [0.25, 0.3) is 0 Å². The summed E-state index contributed by atoms with van der Waals surface area (Å²) >= 11 is 0. The van der Waals surface area contributed by atoms with Crippen molar-refractivity contribution in [2.24, 2.45) is 0 Å². The molecule has 0 bridgehead atoms. The van der Waals surface area contributed by atoms with Crippen LogP contribution in [0.4, 0.5) is 0 Å². The predicted molar refractivity (Wildman–Crippen MR) is 70.8 cm³/mol. The van der Waals surface area contributed by atoms with Gasteiger partial charge in [-0.2, -0.15) is 0 Å². The van der Waals surface area contributed by atoms with E-state index in [9.17, 15) is 35.7 Å². The van der Waals surface area contributed by atoms with Gasteiger partial charge in [-0.25, -0.2) is 0 Å². The maximum Gasteiger partial charge on any atom is 3.00 e. The van der Waals surface area contributed by atoms with Crippen LogP contribution in [0.1, 0.15) is 0 Å². The Morgan fingerprint density at radius 1 is 0.833 bits per heavy atom. The van der Waals surface area contributed by atoms with Crippen molar-refractivity contribution in [1.82, 2.24) is 0 Å². The Balaban J connectivity index is 0.00000529. The zero-order valence-corrected chi connectivity index (χ0v) is 13.6. The first-order chi connectivity index (χ1) is 10.7. The van der Waals surface area contributed by atoms with E-state index in [2.05, 4.69) is 0 Å². The minimum absolute atomic E-state index is 0. The summed E-state index contributed by atoms with van der Waals surface area (Å²) in [7, 11) is 0. The minimum atomic E-state index is -1.86. The Hall–Kier alpha value is 0.0795. The topological polar surface area (TPSA) is 201 Å². The molecule has 12 heteroatoms. The molecule has 0 spiro atoms. The van der Waals surface area contributed by atoms with Crippen molar-refractivity contribution < 1.29 is 72.5 Å². The minimum Gasteiger partial charge on any atom is -0.394 e. The van der Waals surface area contributed by atoms with Gasteiger partial charge in [0.2, 0.25) is 0 Å². The third-order valence-electron chi connectivity index (χ3n) is 3.61. The SMILES string of the molecule is OC[C@H](O)[C@@H](O)[C@H](O)[C@H](O)CO[C@H]1O[C@H](CO)[C@@H](O)[C@H](O)[C@H]1O.[Fe+3]. The first kappa shape index (κ1) is 24.1. The molecule has 0 amide bonds. The second-order valence-electron chi connectivity index (χ2n) is 5.33. The molecule has 0 aromatic rings. The average Bonchev–Trinajstić information content (AvgIpc) is 2.56. The molecule has 0 aromatic heterocycles. The third-order valence-corrected chi connectivity index (χ3v) is 3.61. The molecule has 0 unspecified atom stereocenters. The summed E-state index contributed by atoms with van der Waals surface area (Å²) in [6.07, 6.45) is -14.7. The van der Waals surface area contributed by atoms with Crippen LogP contribution in [0.15, 0.2) is 0 Å². The molecular weight excluding hydrogens is 376 g/mol. The van der Waals surface area contributed by atoms with Gasteiger partial charge in [-0.1, -0.05) is 0 Å². The molecule has 0 saturated carbocycles. The zero-order chi connectivity index (χ0) is 17.7.